The fraction of sp³-hybridized carbons (Fsp3) is 0.119. The van der Waals surface area contributed by atoms with Gasteiger partial charge in [0.15, 0.2) is 0 Å². The molecule has 0 amide bonds. The van der Waals surface area contributed by atoms with Gasteiger partial charge in [-0.3, -0.25) is 4.98 Å². The van der Waals surface area contributed by atoms with Crippen LogP contribution in [0.5, 0.6) is 0 Å². The minimum absolute atomic E-state index is 0.0190. The number of hydrogen-bond acceptors (Lipinski definition) is 2. The zero-order valence-electron chi connectivity index (χ0n) is 24.9. The molecule has 44 heavy (non-hydrogen) atoms. The van der Waals surface area contributed by atoms with Crippen LogP contribution in [0.15, 0.2) is 125 Å². The minimum Gasteiger partial charge on any atom is -0.264 e. The van der Waals surface area contributed by atoms with Gasteiger partial charge in [0, 0.05) is 33.0 Å². The Bertz CT molecular complexity index is 2450. The molecule has 0 bridgehead atoms. The van der Waals surface area contributed by atoms with Crippen LogP contribution in [-0.4, -0.2) is 4.98 Å². The van der Waals surface area contributed by atoms with Crippen molar-refractivity contribution in [1.82, 2.24) is 4.98 Å². The summed E-state index contributed by atoms with van der Waals surface area (Å²) in [4.78, 5) is 7.31. The van der Waals surface area contributed by atoms with E-state index >= 15 is 0 Å². The summed E-state index contributed by atoms with van der Waals surface area (Å²) in [6.45, 7) is 4.72. The quantitative estimate of drug-likeness (QED) is 0.193. The Kier molecular flexibility index (Phi) is 5.67. The number of hydrogen-bond donors (Lipinski definition) is 0. The Balaban J connectivity index is 1.30. The summed E-state index contributed by atoms with van der Waals surface area (Å²) in [5.74, 6) is 0. The molecule has 1 nitrogen and oxygen atoms in total. The van der Waals surface area contributed by atoms with Crippen molar-refractivity contribution < 1.29 is 0 Å². The molecule has 0 unspecified atom stereocenters. The molecule has 210 valence electrons. The van der Waals surface area contributed by atoms with Crippen LogP contribution >= 0.6 is 11.8 Å². The molecule has 1 heterocycles. The average molecular weight is 582 g/mol. The molecule has 0 atom stereocenters. The summed E-state index contributed by atoms with van der Waals surface area (Å²) in [6, 6.07) is 38.3. The first kappa shape index (κ1) is 25.8. The van der Waals surface area contributed by atoms with Crippen molar-refractivity contribution in [2.24, 2.45) is 0 Å². The van der Waals surface area contributed by atoms with E-state index < -0.39 is 0 Å². The van der Waals surface area contributed by atoms with Gasteiger partial charge in [0.1, 0.15) is 0 Å². The highest BCUT2D eigenvalue weighted by Crippen LogP contribution is 2.50. The van der Waals surface area contributed by atoms with Crippen molar-refractivity contribution >= 4 is 56.2 Å². The molecule has 0 spiro atoms. The van der Waals surface area contributed by atoms with Crippen LogP contribution in [0.1, 0.15) is 37.8 Å². The lowest BCUT2D eigenvalue weighted by Gasteiger charge is -2.22. The summed E-state index contributed by atoms with van der Waals surface area (Å²) in [7, 11) is 0. The first-order chi connectivity index (χ1) is 21.6. The van der Waals surface area contributed by atoms with E-state index in [0.29, 0.717) is 0 Å². The van der Waals surface area contributed by atoms with Crippen molar-refractivity contribution in [3.8, 4) is 22.3 Å². The number of fused-ring (bicyclic) bond motifs is 8. The molecule has 6 aromatic carbocycles. The predicted octanol–water partition coefficient (Wildman–Crippen LogP) is 10.0. The van der Waals surface area contributed by atoms with Gasteiger partial charge in [-0.15, -0.1) is 0 Å². The standard InChI is InChI=1S/C42H31NS/c1-42(2)38-18-10-9-15-31(38)32-20-19-27(24-39(32)42)44-41-34-17-8-7-16-33(34)40(37-25-43-22-21-35(37)41)36-23-26-11-3-4-12-28(26)29-13-5-6-14-30(29)36/h3-6,9-25H,7-8H2,1-2H3. The van der Waals surface area contributed by atoms with Crippen LogP contribution in [0.2, 0.25) is 0 Å². The Hall–Kier alpha value is -4.66. The zero-order chi connectivity index (χ0) is 29.4. The maximum Gasteiger partial charge on any atom is 0.0353 e. The van der Waals surface area contributed by atoms with Crippen LogP contribution in [0, 0.1) is 0 Å². The third-order valence-electron chi connectivity index (χ3n) is 9.82. The van der Waals surface area contributed by atoms with Crippen molar-refractivity contribution in [2.45, 2.75) is 41.9 Å². The van der Waals surface area contributed by atoms with Gasteiger partial charge in [-0.05, 0) is 108 Å². The highest BCUT2D eigenvalue weighted by atomic mass is 32.2. The molecule has 0 N–H and O–H groups in total. The van der Waals surface area contributed by atoms with Gasteiger partial charge in [0.05, 0.1) is 0 Å². The second kappa shape index (κ2) is 9.67. The Morgan fingerprint density at radius 2 is 1.32 bits per heavy atom. The summed E-state index contributed by atoms with van der Waals surface area (Å²) >= 11 is 1.91. The van der Waals surface area contributed by atoms with Crippen LogP contribution in [0.3, 0.4) is 0 Å². The monoisotopic (exact) mass is 581 g/mol. The third kappa shape index (κ3) is 3.71. The normalized spacial score (nSPS) is 14.6. The maximum absolute atomic E-state index is 4.69. The first-order valence-electron chi connectivity index (χ1n) is 15.5. The van der Waals surface area contributed by atoms with Gasteiger partial charge in [-0.2, -0.15) is 0 Å². The average Bonchev–Trinajstić information content (AvgIpc) is 3.30. The first-order valence-corrected chi connectivity index (χ1v) is 16.3. The number of rotatable bonds is 3. The highest BCUT2D eigenvalue weighted by Gasteiger charge is 2.35. The van der Waals surface area contributed by atoms with Crippen LogP contribution in [0.25, 0.3) is 66.7 Å². The Morgan fingerprint density at radius 1 is 0.591 bits per heavy atom. The number of nitrogens with zero attached hydrogens (tertiary/aromatic N) is 1. The highest BCUT2D eigenvalue weighted by molar-refractivity contribution is 7.99. The lowest BCUT2D eigenvalue weighted by Crippen LogP contribution is -2.31. The molecule has 2 aliphatic carbocycles. The molecule has 2 heteroatoms. The molecule has 0 fully saturated rings. The number of aromatic nitrogens is 1. The summed E-state index contributed by atoms with van der Waals surface area (Å²) in [5, 5.41) is 10.3. The van der Waals surface area contributed by atoms with Crippen molar-refractivity contribution in [3.63, 3.8) is 0 Å². The van der Waals surface area contributed by atoms with E-state index in [1.165, 1.54) is 85.9 Å². The smallest absolute Gasteiger partial charge is 0.0353 e. The largest absolute Gasteiger partial charge is 0.264 e. The molecule has 7 aromatic rings. The second-order valence-corrected chi connectivity index (χ2v) is 13.7. The molecule has 0 saturated carbocycles. The maximum atomic E-state index is 4.69. The Labute approximate surface area is 261 Å². The molecular weight excluding hydrogens is 551 g/mol. The predicted molar refractivity (Wildman–Crippen MR) is 188 cm³/mol. The van der Waals surface area contributed by atoms with Gasteiger partial charge < -0.3 is 0 Å². The van der Waals surface area contributed by atoms with Crippen LogP contribution < -0.4 is 10.4 Å². The molecular formula is C42H31NS. The minimum atomic E-state index is -0.0190. The fourth-order valence-corrected chi connectivity index (χ4v) is 8.87. The SMILES string of the molecule is CC1(C)c2ccccc2-c2ccc(Sc3c4c(c(-c5cc6ccccc6c6ccccc56)c5cnccc35)=CCCC=4)cc21. The van der Waals surface area contributed by atoms with E-state index in [9.17, 15) is 0 Å². The van der Waals surface area contributed by atoms with E-state index in [2.05, 4.69) is 135 Å². The third-order valence-corrected chi connectivity index (χ3v) is 10.9. The molecule has 0 radical (unpaired) electrons. The lowest BCUT2D eigenvalue weighted by molar-refractivity contribution is 0.658. The topological polar surface area (TPSA) is 12.9 Å². The van der Waals surface area contributed by atoms with E-state index in [4.69, 9.17) is 4.98 Å². The summed E-state index contributed by atoms with van der Waals surface area (Å²) < 4.78 is 0. The molecule has 9 rings (SSSR count). The van der Waals surface area contributed by atoms with E-state index in [-0.39, 0.29) is 5.41 Å². The molecule has 0 aliphatic heterocycles. The van der Waals surface area contributed by atoms with Gasteiger partial charge in [0.25, 0.3) is 0 Å². The zero-order valence-corrected chi connectivity index (χ0v) is 25.7. The van der Waals surface area contributed by atoms with E-state index in [1.807, 2.05) is 18.0 Å². The number of benzene rings is 6. The molecule has 2 aliphatic rings. The van der Waals surface area contributed by atoms with Gasteiger partial charge >= 0.3 is 0 Å². The van der Waals surface area contributed by atoms with Gasteiger partial charge in [0.2, 0.25) is 0 Å². The van der Waals surface area contributed by atoms with E-state index in [1.54, 1.807) is 0 Å². The fourth-order valence-electron chi connectivity index (χ4n) is 7.73. The summed E-state index contributed by atoms with van der Waals surface area (Å²) in [6.07, 6.45) is 11.1. The Morgan fingerprint density at radius 3 is 2.20 bits per heavy atom. The van der Waals surface area contributed by atoms with Gasteiger partial charge in [-0.1, -0.05) is 117 Å². The van der Waals surface area contributed by atoms with Crippen molar-refractivity contribution in [3.05, 3.63) is 137 Å². The second-order valence-electron chi connectivity index (χ2n) is 12.6. The molecule has 1 aromatic heterocycles. The molecule has 0 saturated heterocycles. The summed E-state index contributed by atoms with van der Waals surface area (Å²) in [5.41, 5.74) is 8.13. The lowest BCUT2D eigenvalue weighted by atomic mass is 9.82. The van der Waals surface area contributed by atoms with Crippen LogP contribution in [0.4, 0.5) is 0 Å². The van der Waals surface area contributed by atoms with Crippen LogP contribution in [-0.2, 0) is 5.41 Å². The van der Waals surface area contributed by atoms with Crippen molar-refractivity contribution in [1.29, 1.82) is 0 Å². The van der Waals surface area contributed by atoms with Gasteiger partial charge in [-0.25, -0.2) is 0 Å². The van der Waals surface area contributed by atoms with E-state index in [0.717, 1.165) is 12.8 Å². The van der Waals surface area contributed by atoms with Crippen molar-refractivity contribution in [2.75, 3.05) is 0 Å². The number of pyridine rings is 1.